The van der Waals surface area contributed by atoms with E-state index in [0.717, 1.165) is 5.69 Å². The normalized spacial score (nSPS) is 10.3. The Morgan fingerprint density at radius 2 is 2.20 bits per heavy atom. The fourth-order valence-electron chi connectivity index (χ4n) is 1.75. The molecule has 0 aliphatic rings. The Morgan fingerprint density at radius 3 is 2.90 bits per heavy atom. The Labute approximate surface area is 117 Å². The summed E-state index contributed by atoms with van der Waals surface area (Å²) >= 11 is 0. The number of aryl methyl sites for hydroxylation is 2. The topological polar surface area (TPSA) is 66.2 Å². The van der Waals surface area contributed by atoms with Crippen molar-refractivity contribution in [1.29, 1.82) is 0 Å². The van der Waals surface area contributed by atoms with E-state index in [1.165, 1.54) is 6.20 Å². The molecule has 0 fully saturated rings. The highest BCUT2D eigenvalue weighted by Gasteiger charge is 2.17. The van der Waals surface area contributed by atoms with Crippen molar-refractivity contribution in [3.05, 3.63) is 41.3 Å². The van der Waals surface area contributed by atoms with E-state index < -0.39 is 5.97 Å². The van der Waals surface area contributed by atoms with E-state index in [4.69, 9.17) is 9.47 Å². The Balaban J connectivity index is 2.13. The Hall–Kier alpha value is -2.37. The van der Waals surface area contributed by atoms with Crippen molar-refractivity contribution >= 4 is 5.97 Å². The number of hydrogen-bond donors (Lipinski definition) is 0. The summed E-state index contributed by atoms with van der Waals surface area (Å²) in [6.45, 7) is 4.19. The van der Waals surface area contributed by atoms with Crippen LogP contribution in [0, 0.1) is 6.92 Å². The van der Waals surface area contributed by atoms with Gasteiger partial charge in [0.05, 0.1) is 18.5 Å². The third kappa shape index (κ3) is 3.14. The zero-order valence-corrected chi connectivity index (χ0v) is 11.8. The van der Waals surface area contributed by atoms with Gasteiger partial charge in [0.25, 0.3) is 0 Å². The summed E-state index contributed by atoms with van der Waals surface area (Å²) < 4.78 is 12.2. The zero-order valence-electron chi connectivity index (χ0n) is 11.8. The minimum Gasteiger partial charge on any atom is -0.471 e. The Bertz CT molecular complexity index is 607. The van der Waals surface area contributed by atoms with Crippen LogP contribution in [0.15, 0.2) is 24.4 Å². The lowest BCUT2D eigenvalue weighted by atomic mass is 10.2. The summed E-state index contributed by atoms with van der Waals surface area (Å²) in [6.07, 6.45) is 1.49. The third-order valence-corrected chi connectivity index (χ3v) is 2.78. The molecule has 0 radical (unpaired) electrons. The number of aromatic nitrogens is 3. The lowest BCUT2D eigenvalue weighted by Gasteiger charge is -2.08. The summed E-state index contributed by atoms with van der Waals surface area (Å²) in [6, 6.07) is 5.53. The number of hydrogen-bond acceptors (Lipinski definition) is 5. The summed E-state index contributed by atoms with van der Waals surface area (Å²) in [7, 11) is 1.76. The van der Waals surface area contributed by atoms with Gasteiger partial charge in [0.15, 0.2) is 0 Å². The van der Waals surface area contributed by atoms with Crippen LogP contribution in [-0.2, 0) is 18.4 Å². The van der Waals surface area contributed by atoms with E-state index in [9.17, 15) is 4.79 Å². The molecular weight excluding hydrogens is 258 g/mol. The van der Waals surface area contributed by atoms with Gasteiger partial charge in [0, 0.05) is 18.8 Å². The molecule has 0 aromatic carbocycles. The monoisotopic (exact) mass is 275 g/mol. The maximum absolute atomic E-state index is 11.8. The summed E-state index contributed by atoms with van der Waals surface area (Å²) in [4.78, 5) is 16.0. The Kier molecular flexibility index (Phi) is 4.34. The van der Waals surface area contributed by atoms with Gasteiger partial charge in [-0.3, -0.25) is 4.68 Å². The molecule has 0 atom stereocenters. The summed E-state index contributed by atoms with van der Waals surface area (Å²) in [5.41, 5.74) is 1.95. The van der Waals surface area contributed by atoms with Crippen LogP contribution >= 0.6 is 0 Å². The minimum absolute atomic E-state index is 0.209. The van der Waals surface area contributed by atoms with Crippen molar-refractivity contribution in [2.24, 2.45) is 7.05 Å². The molecule has 0 N–H and O–H groups in total. The number of carbonyl (C=O) groups excluding carboxylic acids is 1. The van der Waals surface area contributed by atoms with Crippen molar-refractivity contribution in [3.8, 4) is 5.88 Å². The maximum Gasteiger partial charge on any atom is 0.341 e. The van der Waals surface area contributed by atoms with Gasteiger partial charge in [-0.2, -0.15) is 5.10 Å². The zero-order chi connectivity index (χ0) is 14.5. The van der Waals surface area contributed by atoms with Gasteiger partial charge in [-0.05, 0) is 19.9 Å². The quantitative estimate of drug-likeness (QED) is 0.779. The van der Waals surface area contributed by atoms with Gasteiger partial charge in [-0.25, -0.2) is 9.78 Å². The first-order valence-electron chi connectivity index (χ1n) is 6.36. The highest BCUT2D eigenvalue weighted by atomic mass is 16.5. The predicted octanol–water partition coefficient (Wildman–Crippen LogP) is 1.88. The van der Waals surface area contributed by atoms with Crippen molar-refractivity contribution in [2.45, 2.75) is 20.5 Å². The van der Waals surface area contributed by atoms with Crippen LogP contribution in [0.4, 0.5) is 0 Å². The molecular formula is C14H17N3O3. The molecule has 0 unspecified atom stereocenters. The molecule has 2 aromatic heterocycles. The number of pyridine rings is 1. The molecule has 2 rings (SSSR count). The van der Waals surface area contributed by atoms with E-state index in [1.54, 1.807) is 24.7 Å². The molecule has 6 nitrogen and oxygen atoms in total. The van der Waals surface area contributed by atoms with E-state index in [-0.39, 0.29) is 6.61 Å². The summed E-state index contributed by atoms with van der Waals surface area (Å²) in [5, 5.41) is 4.07. The molecule has 6 heteroatoms. The highest BCUT2D eigenvalue weighted by molar-refractivity contribution is 5.90. The average molecular weight is 275 g/mol. The molecule has 2 heterocycles. The van der Waals surface area contributed by atoms with Crippen LogP contribution in [-0.4, -0.2) is 27.3 Å². The second-order valence-corrected chi connectivity index (χ2v) is 4.25. The average Bonchev–Trinajstić information content (AvgIpc) is 2.78. The van der Waals surface area contributed by atoms with Crippen LogP contribution in [0.1, 0.15) is 28.7 Å². The summed E-state index contributed by atoms with van der Waals surface area (Å²) in [5.74, 6) is 0.123. The van der Waals surface area contributed by atoms with E-state index in [0.29, 0.717) is 23.7 Å². The highest BCUT2D eigenvalue weighted by Crippen LogP contribution is 2.14. The molecule has 0 saturated heterocycles. The second-order valence-electron chi connectivity index (χ2n) is 4.25. The molecule has 0 amide bonds. The number of nitrogens with zero attached hydrogens (tertiary/aromatic N) is 3. The fourth-order valence-corrected chi connectivity index (χ4v) is 1.75. The first-order chi connectivity index (χ1) is 9.61. The first-order valence-corrected chi connectivity index (χ1v) is 6.36. The number of carbonyl (C=O) groups is 1. The first kappa shape index (κ1) is 14.0. The van der Waals surface area contributed by atoms with Gasteiger partial charge in [0.1, 0.15) is 12.2 Å². The molecule has 0 bridgehead atoms. The largest absolute Gasteiger partial charge is 0.471 e. The molecule has 20 heavy (non-hydrogen) atoms. The van der Waals surface area contributed by atoms with Crippen LogP contribution in [0.25, 0.3) is 0 Å². The van der Waals surface area contributed by atoms with Crippen LogP contribution in [0.2, 0.25) is 0 Å². The third-order valence-electron chi connectivity index (χ3n) is 2.78. The van der Waals surface area contributed by atoms with Crippen LogP contribution < -0.4 is 4.74 Å². The molecule has 106 valence electrons. The number of esters is 1. The standard InChI is InChI=1S/C14H17N3O3/c1-4-19-14(18)11-8-15-17(3)12(11)9-20-13-7-5-6-10(2)16-13/h5-8H,4,9H2,1-3H3. The van der Waals surface area contributed by atoms with Gasteiger partial charge >= 0.3 is 5.97 Å². The SMILES string of the molecule is CCOC(=O)c1cnn(C)c1COc1cccc(C)n1. The van der Waals surface area contributed by atoms with Crippen molar-refractivity contribution in [3.63, 3.8) is 0 Å². The molecule has 0 saturated carbocycles. The van der Waals surface area contributed by atoms with Gasteiger partial charge in [-0.1, -0.05) is 6.07 Å². The van der Waals surface area contributed by atoms with E-state index in [1.807, 2.05) is 19.1 Å². The second kappa shape index (κ2) is 6.18. The van der Waals surface area contributed by atoms with E-state index >= 15 is 0 Å². The minimum atomic E-state index is -0.392. The Morgan fingerprint density at radius 1 is 1.40 bits per heavy atom. The lowest BCUT2D eigenvalue weighted by Crippen LogP contribution is -2.11. The predicted molar refractivity (Wildman–Crippen MR) is 72.5 cm³/mol. The smallest absolute Gasteiger partial charge is 0.341 e. The number of ether oxygens (including phenoxy) is 2. The maximum atomic E-state index is 11.8. The lowest BCUT2D eigenvalue weighted by molar-refractivity contribution is 0.0523. The van der Waals surface area contributed by atoms with Gasteiger partial charge in [-0.15, -0.1) is 0 Å². The number of rotatable bonds is 5. The van der Waals surface area contributed by atoms with E-state index in [2.05, 4.69) is 10.1 Å². The molecule has 0 spiro atoms. The van der Waals surface area contributed by atoms with Gasteiger partial charge in [0.2, 0.25) is 5.88 Å². The van der Waals surface area contributed by atoms with Crippen molar-refractivity contribution < 1.29 is 14.3 Å². The van der Waals surface area contributed by atoms with Crippen LogP contribution in [0.3, 0.4) is 0 Å². The fraction of sp³-hybridized carbons (Fsp3) is 0.357. The van der Waals surface area contributed by atoms with Gasteiger partial charge < -0.3 is 9.47 Å². The van der Waals surface area contributed by atoms with Crippen LogP contribution in [0.5, 0.6) is 5.88 Å². The molecule has 0 aliphatic heterocycles. The molecule has 0 aliphatic carbocycles. The van der Waals surface area contributed by atoms with Crippen molar-refractivity contribution in [2.75, 3.05) is 6.61 Å². The van der Waals surface area contributed by atoms with Crippen molar-refractivity contribution in [1.82, 2.24) is 14.8 Å². The molecule has 2 aromatic rings.